The zero-order valence-corrected chi connectivity index (χ0v) is 11.4. The second kappa shape index (κ2) is 5.03. The number of aromatic carboxylic acids is 1. The number of aromatic nitrogens is 3. The smallest absolute Gasteiger partial charge is 0.345 e. The number of rotatable bonds is 4. The van der Waals surface area contributed by atoms with Gasteiger partial charge in [-0.25, -0.2) is 14.5 Å². The van der Waals surface area contributed by atoms with E-state index >= 15 is 0 Å². The molecule has 3 heterocycles. The monoisotopic (exact) mass is 289 g/mol. The number of nitrogens with zero attached hydrogens (tertiary/aromatic N) is 3. The van der Waals surface area contributed by atoms with Crippen LogP contribution in [0.15, 0.2) is 30.5 Å². The van der Waals surface area contributed by atoms with Crippen LogP contribution in [0, 0.1) is 0 Å². The van der Waals surface area contributed by atoms with Gasteiger partial charge in [0.25, 0.3) is 0 Å². The molecule has 7 heteroatoms. The predicted octanol–water partition coefficient (Wildman–Crippen LogP) is 2.33. The molecule has 0 amide bonds. The normalized spacial score (nSPS) is 11.1. The summed E-state index contributed by atoms with van der Waals surface area (Å²) in [6.45, 7) is 0.326. The lowest BCUT2D eigenvalue weighted by atomic mass is 10.3. The summed E-state index contributed by atoms with van der Waals surface area (Å²) < 4.78 is 6.77. The number of fused-ring (bicyclic) bond motifs is 1. The molecule has 0 aliphatic carbocycles. The van der Waals surface area contributed by atoms with Crippen LogP contribution in [0.25, 0.3) is 16.0 Å². The molecule has 0 saturated heterocycles. The highest BCUT2D eigenvalue weighted by Gasteiger charge is 2.18. The molecule has 3 rings (SSSR count). The van der Waals surface area contributed by atoms with Crippen LogP contribution in [0.5, 0.6) is 0 Å². The van der Waals surface area contributed by atoms with Crippen molar-refractivity contribution in [2.45, 2.75) is 6.61 Å². The number of thiophene rings is 1. The average molecular weight is 289 g/mol. The van der Waals surface area contributed by atoms with Crippen LogP contribution in [0.2, 0.25) is 0 Å². The third-order valence-corrected chi connectivity index (χ3v) is 3.89. The summed E-state index contributed by atoms with van der Waals surface area (Å²) in [5, 5.41) is 14.4. The van der Waals surface area contributed by atoms with Gasteiger partial charge in [-0.3, -0.25) is 0 Å². The number of hydrogen-bond donors (Lipinski definition) is 1. The Bertz CT molecular complexity index is 764. The van der Waals surface area contributed by atoms with Crippen LogP contribution in [-0.2, 0) is 11.3 Å². The van der Waals surface area contributed by atoms with E-state index in [1.54, 1.807) is 24.1 Å². The van der Waals surface area contributed by atoms with Gasteiger partial charge in [0, 0.05) is 18.7 Å². The van der Waals surface area contributed by atoms with E-state index in [-0.39, 0.29) is 4.88 Å². The summed E-state index contributed by atoms with van der Waals surface area (Å²) >= 11 is 1.18. The molecule has 102 valence electrons. The Hall–Kier alpha value is -2.25. The van der Waals surface area contributed by atoms with Crippen molar-refractivity contribution in [2.24, 2.45) is 0 Å². The first-order valence-corrected chi connectivity index (χ1v) is 6.67. The molecule has 0 atom stereocenters. The van der Waals surface area contributed by atoms with Gasteiger partial charge in [-0.15, -0.1) is 11.3 Å². The van der Waals surface area contributed by atoms with Crippen LogP contribution in [-0.4, -0.2) is 33.0 Å². The molecule has 0 aliphatic rings. The number of ether oxygens (including phenoxy) is 1. The number of carbonyl (C=O) groups is 1. The van der Waals surface area contributed by atoms with Crippen molar-refractivity contribution in [3.63, 3.8) is 0 Å². The van der Waals surface area contributed by atoms with Gasteiger partial charge >= 0.3 is 5.97 Å². The van der Waals surface area contributed by atoms with Crippen molar-refractivity contribution >= 4 is 27.5 Å². The van der Waals surface area contributed by atoms with Crippen molar-refractivity contribution in [1.82, 2.24) is 14.8 Å². The highest BCUT2D eigenvalue weighted by Crippen LogP contribution is 2.30. The molecule has 0 spiro atoms. The number of methoxy groups -OCH3 is 1. The van der Waals surface area contributed by atoms with Crippen molar-refractivity contribution in [3.05, 3.63) is 41.0 Å². The molecular formula is C13H11N3O3S. The molecule has 0 aromatic carbocycles. The van der Waals surface area contributed by atoms with Crippen molar-refractivity contribution in [1.29, 1.82) is 0 Å². The summed E-state index contributed by atoms with van der Waals surface area (Å²) in [7, 11) is 1.58. The topological polar surface area (TPSA) is 77.2 Å². The lowest BCUT2D eigenvalue weighted by molar-refractivity contribution is 0.0702. The van der Waals surface area contributed by atoms with E-state index in [0.29, 0.717) is 18.1 Å². The standard InChI is InChI=1S/C13H11N3O3S/c1-19-7-9-8-6-10(13(17)18)20-12(8)16(15-9)11-4-2-3-5-14-11/h2-6H,7H2,1H3,(H,17,18). The molecule has 3 aromatic rings. The number of hydrogen-bond acceptors (Lipinski definition) is 5. The Morgan fingerprint density at radius 3 is 3.00 bits per heavy atom. The summed E-state index contributed by atoms with van der Waals surface area (Å²) in [5.41, 5.74) is 0.705. The molecule has 0 fully saturated rings. The fourth-order valence-electron chi connectivity index (χ4n) is 1.95. The van der Waals surface area contributed by atoms with Gasteiger partial charge in [-0.2, -0.15) is 5.10 Å². The number of carboxylic acid groups (broad SMARTS) is 1. The minimum Gasteiger partial charge on any atom is -0.477 e. The minimum atomic E-state index is -0.942. The Labute approximate surface area is 118 Å². The quantitative estimate of drug-likeness (QED) is 0.797. The van der Waals surface area contributed by atoms with Crippen LogP contribution < -0.4 is 0 Å². The third-order valence-electron chi connectivity index (χ3n) is 2.79. The lowest BCUT2D eigenvalue weighted by Gasteiger charge is -1.99. The summed E-state index contributed by atoms with van der Waals surface area (Å²) in [4.78, 5) is 16.4. The van der Waals surface area contributed by atoms with Gasteiger partial charge in [-0.1, -0.05) is 6.07 Å². The van der Waals surface area contributed by atoms with Gasteiger partial charge in [-0.05, 0) is 18.2 Å². The van der Waals surface area contributed by atoms with E-state index in [1.807, 2.05) is 18.2 Å². The fraction of sp³-hybridized carbons (Fsp3) is 0.154. The molecular weight excluding hydrogens is 278 g/mol. The first-order valence-electron chi connectivity index (χ1n) is 5.86. The molecule has 0 unspecified atom stereocenters. The number of pyridine rings is 1. The summed E-state index contributed by atoms with van der Waals surface area (Å²) in [5.74, 6) is -0.291. The number of carboxylic acids is 1. The Balaban J connectivity index is 2.23. The van der Waals surface area contributed by atoms with Gasteiger partial charge in [0.2, 0.25) is 0 Å². The predicted molar refractivity (Wildman–Crippen MR) is 74.4 cm³/mol. The maximum Gasteiger partial charge on any atom is 0.345 e. The van der Waals surface area contributed by atoms with E-state index < -0.39 is 5.97 Å². The second-order valence-electron chi connectivity index (χ2n) is 4.11. The first kappa shape index (κ1) is 12.8. The molecule has 6 nitrogen and oxygen atoms in total. The zero-order valence-electron chi connectivity index (χ0n) is 10.6. The van der Waals surface area contributed by atoms with Crippen LogP contribution in [0.4, 0.5) is 0 Å². The van der Waals surface area contributed by atoms with Gasteiger partial charge in [0.1, 0.15) is 9.71 Å². The molecule has 0 saturated carbocycles. The minimum absolute atomic E-state index is 0.277. The average Bonchev–Trinajstić information content (AvgIpc) is 3.01. The van der Waals surface area contributed by atoms with Crippen LogP contribution >= 0.6 is 11.3 Å². The third kappa shape index (κ3) is 2.06. The maximum atomic E-state index is 11.1. The summed E-state index contributed by atoms with van der Waals surface area (Å²) in [6, 6.07) is 7.13. The second-order valence-corrected chi connectivity index (χ2v) is 5.14. The van der Waals surface area contributed by atoms with Crippen LogP contribution in [0.1, 0.15) is 15.4 Å². The molecule has 3 aromatic heterocycles. The molecule has 0 bridgehead atoms. The van der Waals surface area contributed by atoms with Crippen molar-refractivity contribution in [2.75, 3.05) is 7.11 Å². The zero-order chi connectivity index (χ0) is 14.1. The molecule has 20 heavy (non-hydrogen) atoms. The SMILES string of the molecule is COCc1nn(-c2ccccn2)c2sc(C(=O)O)cc12. The Morgan fingerprint density at radius 2 is 2.35 bits per heavy atom. The van der Waals surface area contributed by atoms with Gasteiger partial charge in [0.15, 0.2) is 5.82 Å². The first-order chi connectivity index (χ1) is 9.70. The lowest BCUT2D eigenvalue weighted by Crippen LogP contribution is -2.00. The molecule has 0 radical (unpaired) electrons. The van der Waals surface area contributed by atoms with E-state index in [2.05, 4.69) is 10.1 Å². The summed E-state index contributed by atoms with van der Waals surface area (Å²) in [6.07, 6.45) is 1.67. The largest absolute Gasteiger partial charge is 0.477 e. The van der Waals surface area contributed by atoms with Crippen molar-refractivity contribution in [3.8, 4) is 5.82 Å². The Kier molecular flexibility index (Phi) is 3.21. The van der Waals surface area contributed by atoms with Crippen molar-refractivity contribution < 1.29 is 14.6 Å². The maximum absolute atomic E-state index is 11.1. The Morgan fingerprint density at radius 1 is 1.50 bits per heavy atom. The van der Waals surface area contributed by atoms with E-state index in [9.17, 15) is 4.79 Å². The van der Waals surface area contributed by atoms with E-state index in [1.165, 1.54) is 11.3 Å². The van der Waals surface area contributed by atoms with E-state index in [4.69, 9.17) is 9.84 Å². The van der Waals surface area contributed by atoms with Crippen LogP contribution in [0.3, 0.4) is 0 Å². The highest BCUT2D eigenvalue weighted by molar-refractivity contribution is 7.20. The molecule has 1 N–H and O–H groups in total. The highest BCUT2D eigenvalue weighted by atomic mass is 32.1. The van der Waals surface area contributed by atoms with Gasteiger partial charge < -0.3 is 9.84 Å². The van der Waals surface area contributed by atoms with Gasteiger partial charge in [0.05, 0.1) is 12.3 Å². The fourth-order valence-corrected chi connectivity index (χ4v) is 2.93. The van der Waals surface area contributed by atoms with E-state index in [0.717, 1.165) is 10.2 Å². The molecule has 0 aliphatic heterocycles.